The van der Waals surface area contributed by atoms with Crippen molar-refractivity contribution in [3.05, 3.63) is 94.5 Å². The molecule has 0 unspecified atom stereocenters. The molecule has 120 valence electrons. The lowest BCUT2D eigenvalue weighted by Gasteiger charge is -2.12. The summed E-state index contributed by atoms with van der Waals surface area (Å²) in [7, 11) is 0. The van der Waals surface area contributed by atoms with Gasteiger partial charge in [0.15, 0.2) is 11.5 Å². The number of rotatable bonds is 6. The normalized spacial score (nSPS) is 10.2. The number of nitro groups is 1. The Kier molecular flexibility index (Phi) is 4.72. The number of benzene rings is 3. The van der Waals surface area contributed by atoms with Crippen LogP contribution in [-0.4, -0.2) is 4.92 Å². The van der Waals surface area contributed by atoms with Gasteiger partial charge in [-0.25, -0.2) is 0 Å². The number of para-hydroxylation sites is 4. The molecule has 0 radical (unpaired) electrons. The van der Waals surface area contributed by atoms with E-state index in [0.717, 1.165) is 5.56 Å². The Morgan fingerprint density at radius 1 is 0.750 bits per heavy atom. The maximum absolute atomic E-state index is 11.1. The molecule has 0 spiro atoms. The third-order valence-electron chi connectivity index (χ3n) is 3.37. The van der Waals surface area contributed by atoms with Crippen LogP contribution in [-0.2, 0) is 6.61 Å². The molecule has 3 aromatic rings. The molecule has 3 aromatic carbocycles. The molecular formula is C19H15NO4. The molecule has 0 atom stereocenters. The largest absolute Gasteiger partial charge is 0.485 e. The molecule has 0 aliphatic carbocycles. The maximum Gasteiger partial charge on any atom is 0.311 e. The average Bonchev–Trinajstić information content (AvgIpc) is 2.62. The monoisotopic (exact) mass is 321 g/mol. The molecule has 0 aliphatic heterocycles. The molecule has 5 nitrogen and oxygen atoms in total. The molecule has 0 heterocycles. The van der Waals surface area contributed by atoms with E-state index in [2.05, 4.69) is 0 Å². The first-order valence-corrected chi connectivity index (χ1v) is 7.41. The van der Waals surface area contributed by atoms with Crippen molar-refractivity contribution < 1.29 is 14.4 Å². The molecule has 0 fully saturated rings. The van der Waals surface area contributed by atoms with E-state index >= 15 is 0 Å². The van der Waals surface area contributed by atoms with Gasteiger partial charge in [-0.15, -0.1) is 0 Å². The van der Waals surface area contributed by atoms with E-state index < -0.39 is 4.92 Å². The fraction of sp³-hybridized carbons (Fsp3) is 0.0526. The second-order valence-electron chi connectivity index (χ2n) is 5.05. The Bertz CT molecular complexity index is 834. The minimum atomic E-state index is -0.469. The topological polar surface area (TPSA) is 61.6 Å². The van der Waals surface area contributed by atoms with Crippen molar-refractivity contribution in [1.29, 1.82) is 0 Å². The maximum atomic E-state index is 11.1. The summed E-state index contributed by atoms with van der Waals surface area (Å²) in [4.78, 5) is 10.6. The molecule has 0 bridgehead atoms. The van der Waals surface area contributed by atoms with Gasteiger partial charge in [0.25, 0.3) is 0 Å². The predicted octanol–water partition coefficient (Wildman–Crippen LogP) is 4.97. The summed E-state index contributed by atoms with van der Waals surface area (Å²) < 4.78 is 11.5. The second-order valence-corrected chi connectivity index (χ2v) is 5.05. The zero-order valence-electron chi connectivity index (χ0n) is 12.8. The van der Waals surface area contributed by atoms with E-state index in [-0.39, 0.29) is 11.4 Å². The van der Waals surface area contributed by atoms with Gasteiger partial charge < -0.3 is 9.47 Å². The van der Waals surface area contributed by atoms with Crippen molar-refractivity contribution in [2.24, 2.45) is 0 Å². The van der Waals surface area contributed by atoms with E-state index in [1.165, 1.54) is 6.07 Å². The van der Waals surface area contributed by atoms with Gasteiger partial charge in [0.05, 0.1) is 4.92 Å². The second kappa shape index (κ2) is 7.28. The Morgan fingerprint density at radius 3 is 2.04 bits per heavy atom. The number of ether oxygens (including phenoxy) is 2. The van der Waals surface area contributed by atoms with Crippen LogP contribution in [0.1, 0.15) is 5.56 Å². The Balaban J connectivity index is 1.81. The van der Waals surface area contributed by atoms with E-state index in [0.29, 0.717) is 18.1 Å². The van der Waals surface area contributed by atoms with Crippen molar-refractivity contribution in [3.8, 4) is 17.2 Å². The van der Waals surface area contributed by atoms with Crippen molar-refractivity contribution >= 4 is 5.69 Å². The first kappa shape index (κ1) is 15.6. The number of hydrogen-bond acceptors (Lipinski definition) is 4. The van der Waals surface area contributed by atoms with E-state index in [1.54, 1.807) is 36.4 Å². The van der Waals surface area contributed by atoms with Crippen LogP contribution in [0.3, 0.4) is 0 Å². The Morgan fingerprint density at radius 2 is 1.33 bits per heavy atom. The fourth-order valence-electron chi connectivity index (χ4n) is 2.20. The van der Waals surface area contributed by atoms with Gasteiger partial charge in [-0.1, -0.05) is 54.6 Å². The molecule has 3 rings (SSSR count). The standard InChI is InChI=1S/C19H15NO4/c21-20(22)16-10-4-5-11-17(16)24-19-13-7-6-12-18(19)23-14-15-8-2-1-3-9-15/h1-13H,14H2. The quantitative estimate of drug-likeness (QED) is 0.475. The minimum Gasteiger partial charge on any atom is -0.485 e. The third-order valence-corrected chi connectivity index (χ3v) is 3.37. The molecule has 0 saturated carbocycles. The van der Waals surface area contributed by atoms with Gasteiger partial charge in [-0.3, -0.25) is 10.1 Å². The summed E-state index contributed by atoms with van der Waals surface area (Å²) in [5, 5.41) is 11.1. The summed E-state index contributed by atoms with van der Waals surface area (Å²) >= 11 is 0. The molecule has 0 amide bonds. The van der Waals surface area contributed by atoms with Crippen molar-refractivity contribution in [2.45, 2.75) is 6.61 Å². The smallest absolute Gasteiger partial charge is 0.311 e. The highest BCUT2D eigenvalue weighted by atomic mass is 16.6. The highest BCUT2D eigenvalue weighted by Gasteiger charge is 2.16. The Hall–Kier alpha value is -3.34. The van der Waals surface area contributed by atoms with Crippen LogP contribution in [0.5, 0.6) is 17.2 Å². The third kappa shape index (κ3) is 3.70. The number of nitrogens with zero attached hydrogens (tertiary/aromatic N) is 1. The highest BCUT2D eigenvalue weighted by molar-refractivity contribution is 5.50. The van der Waals surface area contributed by atoms with Gasteiger partial charge >= 0.3 is 5.69 Å². The number of hydrogen-bond donors (Lipinski definition) is 0. The Labute approximate surface area is 139 Å². The fourth-order valence-corrected chi connectivity index (χ4v) is 2.20. The summed E-state index contributed by atoms with van der Waals surface area (Å²) in [6, 6.07) is 23.1. The highest BCUT2D eigenvalue weighted by Crippen LogP contribution is 2.36. The van der Waals surface area contributed by atoms with Crippen LogP contribution >= 0.6 is 0 Å². The first-order chi connectivity index (χ1) is 11.7. The summed E-state index contributed by atoms with van der Waals surface area (Å²) in [5.41, 5.74) is 0.938. The molecule has 0 N–H and O–H groups in total. The molecule has 5 heteroatoms. The zero-order valence-corrected chi connectivity index (χ0v) is 12.8. The van der Waals surface area contributed by atoms with Gasteiger partial charge in [0.1, 0.15) is 6.61 Å². The zero-order chi connectivity index (χ0) is 16.8. The predicted molar refractivity (Wildman–Crippen MR) is 90.4 cm³/mol. The molecule has 0 aromatic heterocycles. The lowest BCUT2D eigenvalue weighted by atomic mass is 10.2. The van der Waals surface area contributed by atoms with Crippen LogP contribution < -0.4 is 9.47 Å². The van der Waals surface area contributed by atoms with Crippen LogP contribution in [0, 0.1) is 10.1 Å². The van der Waals surface area contributed by atoms with E-state index in [1.807, 2.05) is 36.4 Å². The number of nitro benzene ring substituents is 1. The van der Waals surface area contributed by atoms with Gasteiger partial charge in [0, 0.05) is 6.07 Å². The lowest BCUT2D eigenvalue weighted by Crippen LogP contribution is -1.98. The van der Waals surface area contributed by atoms with Crippen LogP contribution in [0.4, 0.5) is 5.69 Å². The van der Waals surface area contributed by atoms with Crippen molar-refractivity contribution in [3.63, 3.8) is 0 Å². The molecule has 0 aliphatic rings. The van der Waals surface area contributed by atoms with Crippen molar-refractivity contribution in [2.75, 3.05) is 0 Å². The molecule has 0 saturated heterocycles. The van der Waals surface area contributed by atoms with Gasteiger partial charge in [0.2, 0.25) is 5.75 Å². The lowest BCUT2D eigenvalue weighted by molar-refractivity contribution is -0.385. The van der Waals surface area contributed by atoms with E-state index in [4.69, 9.17) is 9.47 Å². The molecule has 24 heavy (non-hydrogen) atoms. The summed E-state index contributed by atoms with van der Waals surface area (Å²) in [6.07, 6.45) is 0. The summed E-state index contributed by atoms with van der Waals surface area (Å²) in [6.45, 7) is 0.387. The SMILES string of the molecule is O=[N+]([O-])c1ccccc1Oc1ccccc1OCc1ccccc1. The van der Waals surface area contributed by atoms with E-state index in [9.17, 15) is 10.1 Å². The summed E-state index contributed by atoms with van der Waals surface area (Å²) in [5.74, 6) is 1.14. The van der Waals surface area contributed by atoms with Gasteiger partial charge in [-0.05, 0) is 23.8 Å². The first-order valence-electron chi connectivity index (χ1n) is 7.41. The van der Waals surface area contributed by atoms with Crippen LogP contribution in [0.15, 0.2) is 78.9 Å². The minimum absolute atomic E-state index is 0.0876. The van der Waals surface area contributed by atoms with Crippen molar-refractivity contribution in [1.82, 2.24) is 0 Å². The molecular weight excluding hydrogens is 306 g/mol. The van der Waals surface area contributed by atoms with Crippen LogP contribution in [0.25, 0.3) is 0 Å². The average molecular weight is 321 g/mol. The van der Waals surface area contributed by atoms with Gasteiger partial charge in [-0.2, -0.15) is 0 Å². The van der Waals surface area contributed by atoms with Crippen LogP contribution in [0.2, 0.25) is 0 Å².